The first kappa shape index (κ1) is 55.6. The Morgan fingerprint density at radius 3 is 1.25 bits per heavy atom. The van der Waals surface area contributed by atoms with Gasteiger partial charge in [-0.2, -0.15) is 0 Å². The van der Waals surface area contributed by atoms with Crippen molar-refractivity contribution < 1.29 is 24.5 Å². The molecule has 0 heterocycles. The Morgan fingerprint density at radius 1 is 0.491 bits per heavy atom. The van der Waals surface area contributed by atoms with Crippen LogP contribution in [0.1, 0.15) is 278 Å². The summed E-state index contributed by atoms with van der Waals surface area (Å²) in [5.74, 6) is -0.477. The third-order valence-corrected chi connectivity index (χ3v) is 11.8. The van der Waals surface area contributed by atoms with E-state index >= 15 is 0 Å². The highest BCUT2D eigenvalue weighted by Gasteiger charge is 2.24. The molecule has 0 aliphatic rings. The predicted molar refractivity (Wildman–Crippen MR) is 246 cm³/mol. The molecule has 0 aliphatic heterocycles. The van der Waals surface area contributed by atoms with Crippen LogP contribution in [0.3, 0.4) is 0 Å². The zero-order chi connectivity index (χ0) is 41.7. The maximum absolute atomic E-state index is 13.2. The highest BCUT2D eigenvalue weighted by molar-refractivity contribution is 5.77. The van der Waals surface area contributed by atoms with Crippen LogP contribution >= 0.6 is 0 Å². The zero-order valence-corrected chi connectivity index (χ0v) is 38.5. The van der Waals surface area contributed by atoms with Crippen molar-refractivity contribution in [2.75, 3.05) is 6.61 Å². The van der Waals surface area contributed by atoms with Crippen molar-refractivity contribution in [2.45, 2.75) is 296 Å². The molecule has 6 heteroatoms. The number of aliphatic hydroxyl groups excluding tert-OH is 2. The standard InChI is InChI=1S/C51H99NO5/c1-4-7-10-13-16-19-22-25-28-31-34-37-40-43-49(54)48(46-53)52-50(55)45-47(42-39-36-33-30-27-24-21-18-15-12-9-6-3)57-51(56)44-41-38-35-32-29-26-23-20-17-14-11-8-5-2/h26,29,47-49,53-54H,4-25,27-28,30-46H2,1-3H3,(H,52,55)/b29-26-. The second kappa shape index (κ2) is 45.7. The van der Waals surface area contributed by atoms with E-state index in [1.807, 2.05) is 0 Å². The van der Waals surface area contributed by atoms with Gasteiger partial charge in [-0.1, -0.05) is 226 Å². The molecule has 0 fully saturated rings. The second-order valence-electron chi connectivity index (χ2n) is 17.6. The summed E-state index contributed by atoms with van der Waals surface area (Å²) in [6, 6.07) is -0.697. The number of amides is 1. The largest absolute Gasteiger partial charge is 0.462 e. The van der Waals surface area contributed by atoms with Crippen molar-refractivity contribution in [3.05, 3.63) is 12.2 Å². The molecule has 0 aliphatic carbocycles. The Bertz CT molecular complexity index is 863. The van der Waals surface area contributed by atoms with Crippen LogP contribution in [0.15, 0.2) is 12.2 Å². The first-order valence-corrected chi connectivity index (χ1v) is 25.4. The summed E-state index contributed by atoms with van der Waals surface area (Å²) in [6.45, 7) is 6.49. The van der Waals surface area contributed by atoms with E-state index in [1.165, 1.54) is 180 Å². The minimum Gasteiger partial charge on any atom is -0.462 e. The van der Waals surface area contributed by atoms with Crippen LogP contribution in [0.2, 0.25) is 0 Å². The molecular weight excluding hydrogens is 707 g/mol. The Labute approximate surface area is 355 Å². The summed E-state index contributed by atoms with van der Waals surface area (Å²) in [7, 11) is 0. The molecule has 3 atom stereocenters. The van der Waals surface area contributed by atoms with E-state index in [0.29, 0.717) is 19.3 Å². The van der Waals surface area contributed by atoms with E-state index in [1.54, 1.807) is 0 Å². The molecule has 0 aromatic carbocycles. The van der Waals surface area contributed by atoms with Crippen LogP contribution in [-0.2, 0) is 14.3 Å². The number of hydrogen-bond acceptors (Lipinski definition) is 5. The van der Waals surface area contributed by atoms with Gasteiger partial charge in [0, 0.05) is 6.42 Å². The third-order valence-electron chi connectivity index (χ3n) is 11.8. The number of ether oxygens (including phenoxy) is 1. The number of hydrogen-bond donors (Lipinski definition) is 3. The molecule has 0 aromatic rings. The van der Waals surface area contributed by atoms with Crippen molar-refractivity contribution >= 4 is 11.9 Å². The zero-order valence-electron chi connectivity index (χ0n) is 38.5. The average molecular weight is 806 g/mol. The van der Waals surface area contributed by atoms with E-state index in [0.717, 1.165) is 51.4 Å². The van der Waals surface area contributed by atoms with Crippen molar-refractivity contribution in [1.82, 2.24) is 5.32 Å². The molecule has 0 rings (SSSR count). The highest BCUT2D eigenvalue weighted by atomic mass is 16.5. The fourth-order valence-electron chi connectivity index (χ4n) is 7.96. The number of aliphatic hydroxyl groups is 2. The molecule has 0 spiro atoms. The van der Waals surface area contributed by atoms with Gasteiger partial charge in [0.2, 0.25) is 5.91 Å². The van der Waals surface area contributed by atoms with Gasteiger partial charge in [0.05, 0.1) is 25.2 Å². The van der Waals surface area contributed by atoms with Gasteiger partial charge in [0.1, 0.15) is 6.10 Å². The number of allylic oxidation sites excluding steroid dienone is 2. The first-order chi connectivity index (χ1) is 28.0. The molecule has 3 N–H and O–H groups in total. The van der Waals surface area contributed by atoms with E-state index < -0.39 is 18.2 Å². The lowest BCUT2D eigenvalue weighted by Gasteiger charge is -2.24. The predicted octanol–water partition coefficient (Wildman–Crippen LogP) is 15.0. The molecule has 57 heavy (non-hydrogen) atoms. The Morgan fingerprint density at radius 2 is 0.842 bits per heavy atom. The molecule has 0 bridgehead atoms. The molecule has 338 valence electrons. The van der Waals surface area contributed by atoms with Crippen LogP contribution < -0.4 is 5.32 Å². The average Bonchev–Trinajstić information content (AvgIpc) is 3.20. The summed E-state index contributed by atoms with van der Waals surface area (Å²) in [6.07, 6.45) is 49.8. The van der Waals surface area contributed by atoms with Crippen molar-refractivity contribution in [1.29, 1.82) is 0 Å². The minimum absolute atomic E-state index is 0.0785. The van der Waals surface area contributed by atoms with Gasteiger partial charge in [0.15, 0.2) is 0 Å². The van der Waals surface area contributed by atoms with Crippen molar-refractivity contribution in [3.63, 3.8) is 0 Å². The first-order valence-electron chi connectivity index (χ1n) is 25.4. The van der Waals surface area contributed by atoms with Gasteiger partial charge >= 0.3 is 5.97 Å². The van der Waals surface area contributed by atoms with Crippen molar-refractivity contribution in [2.24, 2.45) is 0 Å². The van der Waals surface area contributed by atoms with E-state index in [9.17, 15) is 19.8 Å². The summed E-state index contributed by atoms with van der Waals surface area (Å²) < 4.78 is 5.92. The molecular formula is C51H99NO5. The monoisotopic (exact) mass is 806 g/mol. The molecule has 0 radical (unpaired) electrons. The quantitative estimate of drug-likeness (QED) is 0.0323. The normalized spacial score (nSPS) is 13.3. The Kier molecular flexibility index (Phi) is 44.6. The van der Waals surface area contributed by atoms with Gasteiger partial charge in [-0.15, -0.1) is 0 Å². The van der Waals surface area contributed by atoms with Crippen LogP contribution in [-0.4, -0.2) is 46.9 Å². The van der Waals surface area contributed by atoms with Gasteiger partial charge in [-0.05, 0) is 51.4 Å². The fraction of sp³-hybridized carbons (Fsp3) is 0.922. The second-order valence-corrected chi connectivity index (χ2v) is 17.6. The van der Waals surface area contributed by atoms with E-state index in [2.05, 4.69) is 38.2 Å². The summed E-state index contributed by atoms with van der Waals surface area (Å²) in [5.41, 5.74) is 0. The summed E-state index contributed by atoms with van der Waals surface area (Å²) in [4.78, 5) is 26.1. The van der Waals surface area contributed by atoms with Gasteiger partial charge < -0.3 is 20.3 Å². The molecule has 0 saturated carbocycles. The third kappa shape index (κ3) is 41.1. The maximum atomic E-state index is 13.2. The number of nitrogens with one attached hydrogen (secondary N) is 1. The van der Waals surface area contributed by atoms with Crippen molar-refractivity contribution in [3.8, 4) is 0 Å². The topological polar surface area (TPSA) is 95.9 Å². The SMILES string of the molecule is CCCCCCCC/C=C\CCCCCC(=O)OC(CCCCCCCCCCCCCC)CC(=O)NC(CO)C(O)CCCCCCCCCCCCCCC. The Hall–Kier alpha value is -1.40. The van der Waals surface area contributed by atoms with E-state index in [-0.39, 0.29) is 24.9 Å². The summed E-state index contributed by atoms with van der Waals surface area (Å²) >= 11 is 0. The lowest BCUT2D eigenvalue weighted by molar-refractivity contribution is -0.151. The van der Waals surface area contributed by atoms with Gasteiger partial charge in [-0.25, -0.2) is 0 Å². The number of unbranched alkanes of at least 4 members (excludes halogenated alkanes) is 32. The van der Waals surface area contributed by atoms with Crippen LogP contribution in [0, 0.1) is 0 Å². The molecule has 0 saturated heterocycles. The van der Waals surface area contributed by atoms with Gasteiger partial charge in [-0.3, -0.25) is 9.59 Å². The Balaban J connectivity index is 4.54. The lowest BCUT2D eigenvalue weighted by atomic mass is 10.0. The number of esters is 1. The fourth-order valence-corrected chi connectivity index (χ4v) is 7.96. The lowest BCUT2D eigenvalue weighted by Crippen LogP contribution is -2.46. The minimum atomic E-state index is -0.783. The molecule has 0 aromatic heterocycles. The molecule has 1 amide bonds. The van der Waals surface area contributed by atoms with Crippen LogP contribution in [0.25, 0.3) is 0 Å². The van der Waals surface area contributed by atoms with Gasteiger partial charge in [0.25, 0.3) is 0 Å². The van der Waals surface area contributed by atoms with E-state index in [4.69, 9.17) is 4.74 Å². The summed E-state index contributed by atoms with van der Waals surface area (Å²) in [5, 5.41) is 23.7. The van der Waals surface area contributed by atoms with Crippen LogP contribution in [0.5, 0.6) is 0 Å². The smallest absolute Gasteiger partial charge is 0.306 e. The maximum Gasteiger partial charge on any atom is 0.306 e. The molecule has 3 unspecified atom stereocenters. The molecule has 6 nitrogen and oxygen atoms in total. The number of rotatable bonds is 46. The number of carbonyl (C=O) groups excluding carboxylic acids is 2. The van der Waals surface area contributed by atoms with Crippen LogP contribution in [0.4, 0.5) is 0 Å². The number of carbonyl (C=O) groups is 2. The highest BCUT2D eigenvalue weighted by Crippen LogP contribution is 2.18.